The predicted molar refractivity (Wildman–Crippen MR) is 109 cm³/mol. The van der Waals surface area contributed by atoms with Crippen LogP contribution in [0.1, 0.15) is 44.8 Å². The molecule has 0 aliphatic carbocycles. The molecule has 1 aromatic heterocycles. The minimum absolute atomic E-state index is 0. The lowest BCUT2D eigenvalue weighted by Crippen LogP contribution is -2.46. The van der Waals surface area contributed by atoms with Crippen molar-refractivity contribution in [2.45, 2.75) is 44.8 Å². The summed E-state index contributed by atoms with van der Waals surface area (Å²) in [6.07, 6.45) is 5.62. The molecule has 2 rings (SSSR count). The van der Waals surface area contributed by atoms with Gasteiger partial charge < -0.3 is 10.4 Å². The number of β-amino-alcohol motifs (C(OH)–C–C–N with tert-alkyl or cyclic N) is 1. The van der Waals surface area contributed by atoms with Crippen LogP contribution in [-0.2, 0) is 10.0 Å². The Morgan fingerprint density at radius 1 is 1.41 bits per heavy atom. The Morgan fingerprint density at radius 3 is 2.67 bits per heavy atom. The molecular weight excluding hydrogens is 416 g/mol. The summed E-state index contributed by atoms with van der Waals surface area (Å²) in [5.41, 5.74) is 0.164. The third-order valence-corrected chi connectivity index (χ3v) is 5.90. The van der Waals surface area contributed by atoms with Gasteiger partial charge in [-0.25, -0.2) is 17.1 Å². The maximum Gasteiger partial charge on any atom is 0.211 e. The molecule has 27 heavy (non-hydrogen) atoms. The molecular formula is C17H30Cl2FN3O3S. The minimum Gasteiger partial charge on any atom is -0.387 e. The zero-order chi connectivity index (χ0) is 18.7. The zero-order valence-corrected chi connectivity index (χ0v) is 18.3. The number of aliphatic hydroxyl groups is 1. The summed E-state index contributed by atoms with van der Waals surface area (Å²) < 4.78 is 38.2. The Balaban J connectivity index is 0.00000338. The van der Waals surface area contributed by atoms with Crippen LogP contribution in [0.4, 0.5) is 4.39 Å². The number of aromatic nitrogens is 1. The molecule has 1 fully saturated rings. The molecule has 0 radical (unpaired) electrons. The van der Waals surface area contributed by atoms with Gasteiger partial charge in [0, 0.05) is 36.9 Å². The van der Waals surface area contributed by atoms with Gasteiger partial charge in [-0.15, -0.1) is 24.8 Å². The average molecular weight is 446 g/mol. The van der Waals surface area contributed by atoms with Crippen LogP contribution in [-0.4, -0.2) is 54.2 Å². The lowest BCUT2D eigenvalue weighted by molar-refractivity contribution is 0.147. The zero-order valence-electron chi connectivity index (χ0n) is 15.9. The minimum atomic E-state index is -3.15. The molecule has 2 N–H and O–H groups in total. The number of rotatable bonds is 7. The van der Waals surface area contributed by atoms with Crippen molar-refractivity contribution >= 4 is 34.8 Å². The van der Waals surface area contributed by atoms with E-state index in [0.29, 0.717) is 18.7 Å². The summed E-state index contributed by atoms with van der Waals surface area (Å²) in [5.74, 6) is -0.196. The van der Waals surface area contributed by atoms with Crippen molar-refractivity contribution in [3.8, 4) is 0 Å². The highest BCUT2D eigenvalue weighted by molar-refractivity contribution is 7.88. The highest BCUT2D eigenvalue weighted by Gasteiger charge is 2.30. The molecule has 6 nitrogen and oxygen atoms in total. The maximum absolute atomic E-state index is 13.2. The van der Waals surface area contributed by atoms with Gasteiger partial charge in [0.25, 0.3) is 0 Å². The van der Waals surface area contributed by atoms with E-state index >= 15 is 0 Å². The first kappa shape index (κ1) is 26.5. The molecule has 0 aromatic carbocycles. The van der Waals surface area contributed by atoms with E-state index < -0.39 is 21.9 Å². The molecule has 2 heterocycles. The largest absolute Gasteiger partial charge is 0.387 e. The molecule has 1 saturated heterocycles. The van der Waals surface area contributed by atoms with E-state index in [-0.39, 0.29) is 42.8 Å². The lowest BCUT2D eigenvalue weighted by Gasteiger charge is -2.36. The molecule has 158 valence electrons. The van der Waals surface area contributed by atoms with Gasteiger partial charge in [-0.1, -0.05) is 0 Å². The van der Waals surface area contributed by atoms with Crippen LogP contribution in [0.25, 0.3) is 0 Å². The van der Waals surface area contributed by atoms with E-state index in [4.69, 9.17) is 0 Å². The van der Waals surface area contributed by atoms with Gasteiger partial charge >= 0.3 is 0 Å². The van der Waals surface area contributed by atoms with Crippen molar-refractivity contribution in [2.75, 3.05) is 25.9 Å². The first-order valence-electron chi connectivity index (χ1n) is 8.55. The highest BCUT2D eigenvalue weighted by atomic mass is 35.5. The summed E-state index contributed by atoms with van der Waals surface area (Å²) in [7, 11) is -3.15. The van der Waals surface area contributed by atoms with Gasteiger partial charge in [-0.05, 0) is 45.1 Å². The number of hydrogen-bond donors (Lipinski definition) is 2. The Labute approximate surface area is 173 Å². The van der Waals surface area contributed by atoms with Gasteiger partial charge in [-0.3, -0.25) is 4.98 Å². The quantitative estimate of drug-likeness (QED) is 0.673. The number of nitrogens with one attached hydrogen (secondary N) is 1. The first-order valence-corrected chi connectivity index (χ1v) is 10.4. The Morgan fingerprint density at radius 2 is 2.07 bits per heavy atom. The number of piperidine rings is 1. The van der Waals surface area contributed by atoms with E-state index in [2.05, 4.69) is 10.3 Å². The van der Waals surface area contributed by atoms with Crippen molar-refractivity contribution in [2.24, 2.45) is 5.92 Å². The number of halogens is 3. The van der Waals surface area contributed by atoms with Gasteiger partial charge in [0.2, 0.25) is 10.0 Å². The predicted octanol–water partition coefficient (Wildman–Crippen LogP) is 2.53. The number of aliphatic hydroxyl groups excluding tert-OH is 1. The lowest BCUT2D eigenvalue weighted by atomic mass is 9.86. The standard InChI is InChI=1S/C17H28FN3O3S.2ClH/c1-17(2,8-13-5-4-6-21(12-13)25(3,23)24)20-11-16(22)14-7-15(18)10-19-9-14;;/h7,9-10,13,16,20,22H,4-6,8,11-12H2,1-3H3;2*1H/t13-,16+;;/m1../s1. The van der Waals surface area contributed by atoms with Gasteiger partial charge in [0.05, 0.1) is 18.6 Å². The van der Waals surface area contributed by atoms with Crippen molar-refractivity contribution in [1.82, 2.24) is 14.6 Å². The Bertz CT molecular complexity index is 692. The third kappa shape index (κ3) is 8.58. The van der Waals surface area contributed by atoms with Crippen LogP contribution in [0.5, 0.6) is 0 Å². The van der Waals surface area contributed by atoms with Gasteiger partial charge in [0.1, 0.15) is 5.82 Å². The van der Waals surface area contributed by atoms with Crippen molar-refractivity contribution in [1.29, 1.82) is 0 Å². The van der Waals surface area contributed by atoms with Crippen molar-refractivity contribution < 1.29 is 17.9 Å². The molecule has 0 saturated carbocycles. The van der Waals surface area contributed by atoms with Gasteiger partial charge in [0.15, 0.2) is 0 Å². The van der Waals surface area contributed by atoms with Crippen LogP contribution in [0.2, 0.25) is 0 Å². The molecule has 1 aliphatic heterocycles. The number of sulfonamides is 1. The second-order valence-electron chi connectivity index (χ2n) is 7.55. The normalized spacial score (nSPS) is 19.7. The van der Waals surface area contributed by atoms with Crippen LogP contribution in [0.3, 0.4) is 0 Å². The molecule has 1 aromatic rings. The molecule has 0 amide bonds. The third-order valence-electron chi connectivity index (χ3n) is 4.63. The van der Waals surface area contributed by atoms with Gasteiger partial charge in [-0.2, -0.15) is 0 Å². The van der Waals surface area contributed by atoms with Crippen LogP contribution >= 0.6 is 24.8 Å². The second-order valence-corrected chi connectivity index (χ2v) is 9.53. The fourth-order valence-electron chi connectivity index (χ4n) is 3.39. The summed E-state index contributed by atoms with van der Waals surface area (Å²) >= 11 is 0. The van der Waals surface area contributed by atoms with E-state index in [1.165, 1.54) is 18.5 Å². The summed E-state index contributed by atoms with van der Waals surface area (Å²) in [6, 6.07) is 1.28. The van der Waals surface area contributed by atoms with Crippen molar-refractivity contribution in [3.63, 3.8) is 0 Å². The first-order chi connectivity index (χ1) is 11.6. The monoisotopic (exact) mass is 445 g/mol. The maximum atomic E-state index is 13.2. The highest BCUT2D eigenvalue weighted by Crippen LogP contribution is 2.27. The number of hydrogen-bond acceptors (Lipinski definition) is 5. The van der Waals surface area contributed by atoms with Crippen LogP contribution < -0.4 is 5.32 Å². The molecule has 0 spiro atoms. The molecule has 1 aliphatic rings. The summed E-state index contributed by atoms with van der Waals surface area (Å²) in [4.78, 5) is 3.75. The fraction of sp³-hybridized carbons (Fsp3) is 0.706. The van der Waals surface area contributed by atoms with Crippen LogP contribution in [0.15, 0.2) is 18.5 Å². The van der Waals surface area contributed by atoms with E-state index in [9.17, 15) is 17.9 Å². The SMILES string of the molecule is CC(C)(C[C@H]1CCCN(S(C)(=O)=O)C1)NC[C@H](O)c1cncc(F)c1.Cl.Cl. The summed E-state index contributed by atoms with van der Waals surface area (Å²) in [6.45, 7) is 5.47. The smallest absolute Gasteiger partial charge is 0.211 e. The number of pyridine rings is 1. The topological polar surface area (TPSA) is 82.5 Å². The van der Waals surface area contributed by atoms with E-state index in [1.54, 1.807) is 4.31 Å². The molecule has 10 heteroatoms. The Kier molecular flexibility index (Phi) is 10.7. The van der Waals surface area contributed by atoms with Crippen LogP contribution in [0, 0.1) is 11.7 Å². The Hall–Kier alpha value is -0.510. The van der Waals surface area contributed by atoms with E-state index in [1.807, 2.05) is 13.8 Å². The molecule has 0 unspecified atom stereocenters. The summed E-state index contributed by atoms with van der Waals surface area (Å²) in [5, 5.41) is 13.5. The van der Waals surface area contributed by atoms with Crippen molar-refractivity contribution in [3.05, 3.63) is 29.8 Å². The fourth-order valence-corrected chi connectivity index (χ4v) is 4.33. The van der Waals surface area contributed by atoms with E-state index in [0.717, 1.165) is 25.5 Å². The average Bonchev–Trinajstić information content (AvgIpc) is 2.52. The number of nitrogens with zero attached hydrogens (tertiary/aromatic N) is 2. The molecule has 2 atom stereocenters. The second kappa shape index (κ2) is 10.9. The molecule has 0 bridgehead atoms.